The van der Waals surface area contributed by atoms with Crippen molar-refractivity contribution in [3.8, 4) is 17.2 Å². The molecular weight excluding hydrogens is 286 g/mol. The van der Waals surface area contributed by atoms with Gasteiger partial charge in [0.1, 0.15) is 5.75 Å². The molecule has 0 amide bonds. The maximum absolute atomic E-state index is 11.5. The zero-order valence-corrected chi connectivity index (χ0v) is 11.4. The lowest BCUT2D eigenvalue weighted by Gasteiger charge is -2.34. The van der Waals surface area contributed by atoms with E-state index in [-0.39, 0.29) is 17.7 Å². The minimum absolute atomic E-state index is 0.109. The van der Waals surface area contributed by atoms with Crippen molar-refractivity contribution in [2.75, 3.05) is 6.79 Å². The van der Waals surface area contributed by atoms with E-state index in [0.717, 1.165) is 5.56 Å². The lowest BCUT2D eigenvalue weighted by Crippen LogP contribution is -2.24. The number of hydrogen-bond acceptors (Lipinski definition) is 6. The quantitative estimate of drug-likeness (QED) is 0.859. The first kappa shape index (κ1) is 13.0. The highest BCUT2D eigenvalue weighted by atomic mass is 16.8. The minimum Gasteiger partial charge on any atom is -0.734 e. The van der Waals surface area contributed by atoms with Crippen molar-refractivity contribution in [1.29, 1.82) is 0 Å². The van der Waals surface area contributed by atoms with Crippen LogP contribution < -0.4 is 14.2 Å². The second-order valence-corrected chi connectivity index (χ2v) is 4.99. The highest BCUT2D eigenvalue weighted by molar-refractivity contribution is 5.63. The Morgan fingerprint density at radius 3 is 2.73 bits per heavy atom. The maximum atomic E-state index is 11.5. The van der Waals surface area contributed by atoms with Gasteiger partial charge in [0.2, 0.25) is 6.79 Å². The molecule has 0 aromatic heterocycles. The number of rotatable bonds is 2. The lowest BCUT2D eigenvalue weighted by atomic mass is 10.0. The molecule has 6 nitrogen and oxygen atoms in total. The number of para-hydroxylation sites is 1. The molecule has 0 saturated heterocycles. The molecule has 2 aromatic carbocycles. The third-order valence-electron chi connectivity index (χ3n) is 3.66. The Kier molecular flexibility index (Phi) is 2.92. The summed E-state index contributed by atoms with van der Waals surface area (Å²) in [6.45, 7) is 0.170. The fourth-order valence-corrected chi connectivity index (χ4v) is 2.60. The van der Waals surface area contributed by atoms with Crippen molar-refractivity contribution in [3.05, 3.63) is 64.5 Å². The summed E-state index contributed by atoms with van der Waals surface area (Å²) in [4.78, 5) is 0. The van der Waals surface area contributed by atoms with Crippen LogP contribution in [0.5, 0.6) is 17.2 Å². The van der Waals surface area contributed by atoms with E-state index in [1.54, 1.807) is 24.3 Å². The molecule has 1 atom stereocenters. The first-order valence-corrected chi connectivity index (χ1v) is 6.75. The molecule has 0 radical (unpaired) electrons. The zero-order chi connectivity index (χ0) is 15.1. The minimum atomic E-state index is -0.716. The number of hydroxylamine groups is 2. The normalized spacial score (nSPS) is 18.3. The Bertz CT molecular complexity index is 756. The van der Waals surface area contributed by atoms with Crippen LogP contribution in [-0.2, 0) is 0 Å². The molecule has 0 spiro atoms. The Hall–Kier alpha value is -2.70. The largest absolute Gasteiger partial charge is 0.734 e. The molecule has 4 rings (SSSR count). The fourth-order valence-electron chi connectivity index (χ4n) is 2.60. The summed E-state index contributed by atoms with van der Waals surface area (Å²) in [5.74, 6) is 1.89. The van der Waals surface area contributed by atoms with Gasteiger partial charge in [-0.2, -0.15) is 0 Å². The average Bonchev–Trinajstić information content (AvgIpc) is 3.01. The van der Waals surface area contributed by atoms with E-state index in [0.29, 0.717) is 22.8 Å². The molecule has 22 heavy (non-hydrogen) atoms. The Morgan fingerprint density at radius 1 is 1.05 bits per heavy atom. The summed E-state index contributed by atoms with van der Waals surface area (Å²) >= 11 is 0. The van der Waals surface area contributed by atoms with Gasteiger partial charge in [0, 0.05) is 11.1 Å². The third kappa shape index (κ3) is 2.05. The van der Waals surface area contributed by atoms with Gasteiger partial charge in [-0.3, -0.25) is 5.21 Å². The fraction of sp³-hybridized carbons (Fsp3) is 0.125. The van der Waals surface area contributed by atoms with Crippen molar-refractivity contribution in [2.45, 2.75) is 6.10 Å². The van der Waals surface area contributed by atoms with Gasteiger partial charge in [-0.1, -0.05) is 24.3 Å². The summed E-state index contributed by atoms with van der Waals surface area (Å²) in [7, 11) is 0. The Morgan fingerprint density at radius 2 is 1.86 bits per heavy atom. The highest BCUT2D eigenvalue weighted by Crippen LogP contribution is 2.41. The first-order valence-electron chi connectivity index (χ1n) is 6.75. The summed E-state index contributed by atoms with van der Waals surface area (Å²) in [5.41, 5.74) is 1.54. The molecule has 2 aliphatic heterocycles. The maximum Gasteiger partial charge on any atom is 0.231 e. The van der Waals surface area contributed by atoms with Gasteiger partial charge in [-0.05, 0) is 24.3 Å². The van der Waals surface area contributed by atoms with E-state index < -0.39 is 6.10 Å². The number of ether oxygens (including phenoxy) is 3. The number of nitrogens with zero attached hydrogens (tertiary/aromatic N) is 1. The monoisotopic (exact) mass is 298 g/mol. The van der Waals surface area contributed by atoms with Gasteiger partial charge in [-0.15, -0.1) is 0 Å². The van der Waals surface area contributed by atoms with E-state index >= 15 is 0 Å². The van der Waals surface area contributed by atoms with Crippen LogP contribution in [0, 0.1) is 5.21 Å². The van der Waals surface area contributed by atoms with Crippen molar-refractivity contribution >= 4 is 6.08 Å². The molecule has 2 aliphatic rings. The molecule has 6 heteroatoms. The van der Waals surface area contributed by atoms with Crippen LogP contribution in [0.1, 0.15) is 17.2 Å². The molecule has 0 bridgehead atoms. The Labute approximate surface area is 126 Å². The molecule has 0 saturated carbocycles. The van der Waals surface area contributed by atoms with E-state index in [1.165, 1.54) is 0 Å². The van der Waals surface area contributed by atoms with Crippen LogP contribution in [0.15, 0.2) is 48.2 Å². The van der Waals surface area contributed by atoms with Gasteiger partial charge in [0.05, 0.1) is 5.70 Å². The SMILES string of the molecule is [O-]N(O)C1=Cc2ccccc2O[C@@H]1c1ccc2c(c1)OCO2. The summed E-state index contributed by atoms with van der Waals surface area (Å²) < 4.78 is 16.5. The molecule has 2 heterocycles. The lowest BCUT2D eigenvalue weighted by molar-refractivity contribution is -0.0244. The summed E-state index contributed by atoms with van der Waals surface area (Å²) in [6.07, 6.45) is 0.896. The molecule has 0 fully saturated rings. The second-order valence-electron chi connectivity index (χ2n) is 4.99. The van der Waals surface area contributed by atoms with Crippen LogP contribution in [-0.4, -0.2) is 17.2 Å². The van der Waals surface area contributed by atoms with Crippen molar-refractivity contribution in [2.24, 2.45) is 0 Å². The number of fused-ring (bicyclic) bond motifs is 2. The first-order chi connectivity index (χ1) is 10.7. The van der Waals surface area contributed by atoms with E-state index in [9.17, 15) is 10.4 Å². The van der Waals surface area contributed by atoms with E-state index in [4.69, 9.17) is 14.2 Å². The van der Waals surface area contributed by atoms with Crippen LogP contribution in [0.4, 0.5) is 0 Å². The van der Waals surface area contributed by atoms with Crippen LogP contribution >= 0.6 is 0 Å². The summed E-state index contributed by atoms with van der Waals surface area (Å²) in [5, 5.41) is 20.7. The number of benzene rings is 2. The van der Waals surface area contributed by atoms with E-state index in [2.05, 4.69) is 0 Å². The molecule has 112 valence electrons. The van der Waals surface area contributed by atoms with Gasteiger partial charge in [0.15, 0.2) is 17.6 Å². The van der Waals surface area contributed by atoms with Gasteiger partial charge in [0.25, 0.3) is 0 Å². The molecule has 0 unspecified atom stereocenters. The van der Waals surface area contributed by atoms with Crippen molar-refractivity contribution in [3.63, 3.8) is 0 Å². The second kappa shape index (κ2) is 4.94. The molecule has 2 aromatic rings. The van der Waals surface area contributed by atoms with E-state index in [1.807, 2.05) is 24.3 Å². The Balaban J connectivity index is 1.78. The van der Waals surface area contributed by atoms with Gasteiger partial charge >= 0.3 is 0 Å². The number of hydrogen-bond donors (Lipinski definition) is 1. The van der Waals surface area contributed by atoms with Crippen molar-refractivity contribution < 1.29 is 19.4 Å². The standard InChI is InChI=1S/C16H12NO5/c18-17(19)12-7-10-3-1-2-4-13(10)22-16(12)11-5-6-14-15(8-11)21-9-20-14/h1-8,16,18H,9H2/q-1/t16-/m1/s1. The van der Waals surface area contributed by atoms with Crippen LogP contribution in [0.25, 0.3) is 6.08 Å². The molecule has 0 aliphatic carbocycles. The highest BCUT2D eigenvalue weighted by Gasteiger charge is 2.27. The smallest absolute Gasteiger partial charge is 0.231 e. The summed E-state index contributed by atoms with van der Waals surface area (Å²) in [6, 6.07) is 12.6. The van der Waals surface area contributed by atoms with Gasteiger partial charge in [-0.25, -0.2) is 0 Å². The average molecular weight is 298 g/mol. The predicted octanol–water partition coefficient (Wildman–Crippen LogP) is 3.08. The predicted molar refractivity (Wildman–Crippen MR) is 77.3 cm³/mol. The zero-order valence-electron chi connectivity index (χ0n) is 11.4. The van der Waals surface area contributed by atoms with Crippen LogP contribution in [0.3, 0.4) is 0 Å². The molecule has 1 N–H and O–H groups in total. The third-order valence-corrected chi connectivity index (χ3v) is 3.66. The van der Waals surface area contributed by atoms with Crippen LogP contribution in [0.2, 0.25) is 0 Å². The molecular formula is C16H12NO5-. The topological polar surface area (TPSA) is 74.2 Å². The van der Waals surface area contributed by atoms with Crippen molar-refractivity contribution in [1.82, 2.24) is 5.23 Å². The van der Waals surface area contributed by atoms with Gasteiger partial charge < -0.3 is 24.6 Å².